The zero-order valence-electron chi connectivity index (χ0n) is 10.7. The Bertz CT molecular complexity index is 551. The van der Waals surface area contributed by atoms with Crippen molar-refractivity contribution in [3.8, 4) is 22.9 Å². The van der Waals surface area contributed by atoms with E-state index in [0.29, 0.717) is 17.2 Å². The van der Waals surface area contributed by atoms with Crippen LogP contribution in [0.25, 0.3) is 11.4 Å². The van der Waals surface area contributed by atoms with Crippen LogP contribution >= 0.6 is 0 Å². The molecule has 2 rings (SSSR count). The zero-order chi connectivity index (χ0) is 13.1. The molecule has 0 atom stereocenters. The second kappa shape index (κ2) is 4.95. The number of benzene rings is 1. The number of rotatable bonds is 4. The molecular weight excluding hydrogens is 232 g/mol. The third-order valence-electron chi connectivity index (χ3n) is 2.75. The summed E-state index contributed by atoms with van der Waals surface area (Å²) in [7, 11) is 3.16. The van der Waals surface area contributed by atoms with Gasteiger partial charge in [-0.25, -0.2) is 0 Å². The molecule has 1 heterocycles. The Morgan fingerprint density at radius 2 is 1.89 bits per heavy atom. The van der Waals surface area contributed by atoms with Gasteiger partial charge in [0.2, 0.25) is 0 Å². The third-order valence-corrected chi connectivity index (χ3v) is 2.75. The molecule has 0 unspecified atom stereocenters. The number of methoxy groups -OCH3 is 2. The lowest BCUT2D eigenvalue weighted by atomic mass is 10.1. The minimum Gasteiger partial charge on any atom is -0.493 e. The predicted molar refractivity (Wildman–Crippen MR) is 68.6 cm³/mol. The second-order valence-electron chi connectivity index (χ2n) is 3.74. The third kappa shape index (κ3) is 1.97. The molecule has 0 aliphatic rings. The van der Waals surface area contributed by atoms with Crippen molar-refractivity contribution in [2.45, 2.75) is 13.5 Å². The Kier molecular flexibility index (Phi) is 3.36. The van der Waals surface area contributed by atoms with E-state index in [1.54, 1.807) is 26.6 Å². The average Bonchev–Trinajstić information content (AvgIpc) is 2.86. The van der Waals surface area contributed by atoms with Crippen LogP contribution in [0, 0.1) is 0 Å². The Balaban J connectivity index is 2.58. The maximum atomic E-state index is 6.02. The van der Waals surface area contributed by atoms with Gasteiger partial charge in [0.05, 0.1) is 14.2 Å². The van der Waals surface area contributed by atoms with Crippen LogP contribution in [0.5, 0.6) is 11.5 Å². The number of hydrogen-bond acceptors (Lipinski definition) is 5. The highest BCUT2D eigenvalue weighted by atomic mass is 16.5. The van der Waals surface area contributed by atoms with Gasteiger partial charge >= 0.3 is 0 Å². The molecule has 0 saturated heterocycles. The molecule has 2 aromatic rings. The Hall–Kier alpha value is -2.24. The van der Waals surface area contributed by atoms with Gasteiger partial charge in [-0.05, 0) is 13.0 Å². The van der Waals surface area contributed by atoms with E-state index in [1.807, 2.05) is 17.6 Å². The van der Waals surface area contributed by atoms with Crippen molar-refractivity contribution in [2.75, 3.05) is 20.0 Å². The molecule has 18 heavy (non-hydrogen) atoms. The summed E-state index contributed by atoms with van der Waals surface area (Å²) in [4.78, 5) is 0. The summed E-state index contributed by atoms with van der Waals surface area (Å²) >= 11 is 0. The fraction of sp³-hybridized carbons (Fsp3) is 0.333. The molecule has 0 fully saturated rings. The Labute approximate surface area is 105 Å². The van der Waals surface area contributed by atoms with Crippen molar-refractivity contribution in [3.05, 3.63) is 18.5 Å². The molecule has 96 valence electrons. The van der Waals surface area contributed by atoms with Crippen LogP contribution in [-0.2, 0) is 6.54 Å². The van der Waals surface area contributed by atoms with Crippen molar-refractivity contribution in [3.63, 3.8) is 0 Å². The van der Waals surface area contributed by atoms with E-state index in [9.17, 15) is 0 Å². The van der Waals surface area contributed by atoms with Gasteiger partial charge < -0.3 is 19.8 Å². The summed E-state index contributed by atoms with van der Waals surface area (Å²) in [5.74, 6) is 1.93. The van der Waals surface area contributed by atoms with E-state index in [4.69, 9.17) is 15.2 Å². The maximum Gasteiger partial charge on any atom is 0.165 e. The monoisotopic (exact) mass is 248 g/mol. The fourth-order valence-corrected chi connectivity index (χ4v) is 1.78. The maximum absolute atomic E-state index is 6.02. The number of nitrogens with two attached hydrogens (primary N) is 1. The molecule has 0 amide bonds. The molecule has 1 aromatic carbocycles. The first-order valence-corrected chi connectivity index (χ1v) is 5.61. The minimum atomic E-state index is 0.579. The molecule has 0 saturated carbocycles. The number of aryl methyl sites for hydroxylation is 1. The Morgan fingerprint density at radius 3 is 2.50 bits per heavy atom. The van der Waals surface area contributed by atoms with Gasteiger partial charge in [-0.15, -0.1) is 10.2 Å². The first-order valence-electron chi connectivity index (χ1n) is 5.61. The van der Waals surface area contributed by atoms with E-state index in [2.05, 4.69) is 10.2 Å². The molecular formula is C12H16N4O2. The standard InChI is InChI=1S/C12H16N4O2/c1-4-16-7-14-15-12(16)8-5-10(17-2)11(18-3)6-9(8)13/h5-7H,4,13H2,1-3H3. The highest BCUT2D eigenvalue weighted by molar-refractivity contribution is 5.76. The molecule has 1 aromatic heterocycles. The summed E-state index contributed by atoms with van der Waals surface area (Å²) in [6.45, 7) is 2.79. The molecule has 0 bridgehead atoms. The molecule has 0 aliphatic carbocycles. The van der Waals surface area contributed by atoms with Gasteiger partial charge in [0.15, 0.2) is 17.3 Å². The highest BCUT2D eigenvalue weighted by Gasteiger charge is 2.14. The lowest BCUT2D eigenvalue weighted by Crippen LogP contribution is -2.01. The van der Waals surface area contributed by atoms with Gasteiger partial charge in [0.1, 0.15) is 6.33 Å². The van der Waals surface area contributed by atoms with Crippen molar-refractivity contribution in [1.82, 2.24) is 14.8 Å². The number of anilines is 1. The molecule has 0 aliphatic heterocycles. The van der Waals surface area contributed by atoms with Gasteiger partial charge in [-0.3, -0.25) is 0 Å². The SMILES string of the molecule is CCn1cnnc1-c1cc(OC)c(OC)cc1N. The average molecular weight is 248 g/mol. The molecule has 2 N–H and O–H groups in total. The van der Waals surface area contributed by atoms with Gasteiger partial charge in [0.25, 0.3) is 0 Å². The van der Waals surface area contributed by atoms with Crippen molar-refractivity contribution >= 4 is 5.69 Å². The quantitative estimate of drug-likeness (QED) is 0.831. The topological polar surface area (TPSA) is 75.2 Å². The summed E-state index contributed by atoms with van der Waals surface area (Å²) < 4.78 is 12.4. The number of nitrogens with zero attached hydrogens (tertiary/aromatic N) is 3. The number of aromatic nitrogens is 3. The van der Waals surface area contributed by atoms with E-state index in [-0.39, 0.29) is 0 Å². The highest BCUT2D eigenvalue weighted by Crippen LogP contribution is 2.36. The molecule has 0 spiro atoms. The Morgan fingerprint density at radius 1 is 1.22 bits per heavy atom. The first kappa shape index (κ1) is 12.2. The van der Waals surface area contributed by atoms with Crippen molar-refractivity contribution in [1.29, 1.82) is 0 Å². The minimum absolute atomic E-state index is 0.579. The predicted octanol–water partition coefficient (Wildman–Crippen LogP) is 1.56. The fourth-order valence-electron chi connectivity index (χ4n) is 1.78. The molecule has 0 radical (unpaired) electrons. The smallest absolute Gasteiger partial charge is 0.165 e. The number of ether oxygens (including phenoxy) is 2. The van der Waals surface area contributed by atoms with Crippen molar-refractivity contribution < 1.29 is 9.47 Å². The van der Waals surface area contributed by atoms with Crippen molar-refractivity contribution in [2.24, 2.45) is 0 Å². The first-order chi connectivity index (χ1) is 8.71. The zero-order valence-corrected chi connectivity index (χ0v) is 10.7. The summed E-state index contributed by atoms with van der Waals surface area (Å²) in [6.07, 6.45) is 1.67. The van der Waals surface area contributed by atoms with Gasteiger partial charge in [-0.2, -0.15) is 0 Å². The van der Waals surface area contributed by atoms with Crippen LogP contribution < -0.4 is 15.2 Å². The van der Waals surface area contributed by atoms with E-state index in [0.717, 1.165) is 17.9 Å². The summed E-state index contributed by atoms with van der Waals surface area (Å²) in [5, 5.41) is 7.98. The van der Waals surface area contributed by atoms with E-state index >= 15 is 0 Å². The van der Waals surface area contributed by atoms with Crippen LogP contribution in [0.3, 0.4) is 0 Å². The van der Waals surface area contributed by atoms with E-state index in [1.165, 1.54) is 0 Å². The number of hydrogen-bond donors (Lipinski definition) is 1. The van der Waals surface area contributed by atoms with Crippen LogP contribution in [0.4, 0.5) is 5.69 Å². The summed E-state index contributed by atoms with van der Waals surface area (Å²) in [5.41, 5.74) is 7.38. The molecule has 6 nitrogen and oxygen atoms in total. The van der Waals surface area contributed by atoms with Gasteiger partial charge in [-0.1, -0.05) is 0 Å². The second-order valence-corrected chi connectivity index (χ2v) is 3.74. The van der Waals surface area contributed by atoms with Crippen LogP contribution in [0.2, 0.25) is 0 Å². The number of nitrogen functional groups attached to an aromatic ring is 1. The van der Waals surface area contributed by atoms with Crippen LogP contribution in [0.1, 0.15) is 6.92 Å². The van der Waals surface area contributed by atoms with Crippen LogP contribution in [0.15, 0.2) is 18.5 Å². The van der Waals surface area contributed by atoms with Crippen LogP contribution in [-0.4, -0.2) is 29.0 Å². The largest absolute Gasteiger partial charge is 0.493 e. The normalized spacial score (nSPS) is 10.4. The summed E-state index contributed by atoms with van der Waals surface area (Å²) in [6, 6.07) is 3.53. The molecule has 6 heteroatoms. The lowest BCUT2D eigenvalue weighted by molar-refractivity contribution is 0.355. The van der Waals surface area contributed by atoms with E-state index < -0.39 is 0 Å². The lowest BCUT2D eigenvalue weighted by Gasteiger charge is -2.12. The van der Waals surface area contributed by atoms with Gasteiger partial charge in [0, 0.05) is 23.9 Å².